The maximum atomic E-state index is 13.2. The van der Waals surface area contributed by atoms with Crippen LogP contribution in [0.5, 0.6) is 5.75 Å². The van der Waals surface area contributed by atoms with Crippen LogP contribution in [-0.4, -0.2) is 44.5 Å². The molecule has 0 spiro atoms. The molecule has 0 aromatic heterocycles. The number of amides is 1. The van der Waals surface area contributed by atoms with E-state index in [-0.39, 0.29) is 22.0 Å². The van der Waals surface area contributed by atoms with E-state index in [9.17, 15) is 30.8 Å². The van der Waals surface area contributed by atoms with Gasteiger partial charge in [0.25, 0.3) is 10.0 Å². The van der Waals surface area contributed by atoms with Gasteiger partial charge in [0.05, 0.1) is 17.1 Å². The molecule has 0 bridgehead atoms. The molecule has 0 aliphatic carbocycles. The number of nitrogens with two attached hydrogens (primary N) is 1. The highest BCUT2D eigenvalue weighted by molar-refractivity contribution is 7.92. The van der Waals surface area contributed by atoms with E-state index in [1.807, 2.05) is 5.32 Å². The first kappa shape index (κ1) is 21.6. The number of benzene rings is 2. The van der Waals surface area contributed by atoms with Gasteiger partial charge >= 0.3 is 12.3 Å². The van der Waals surface area contributed by atoms with Gasteiger partial charge in [-0.3, -0.25) is 9.62 Å². The number of fused-ring (bicyclic) bond motifs is 1. The summed E-state index contributed by atoms with van der Waals surface area (Å²) in [6, 6.07) is 4.61. The third kappa shape index (κ3) is 4.26. The predicted octanol–water partition coefficient (Wildman–Crippen LogP) is 2.76. The maximum Gasteiger partial charge on any atom is 0.409 e. The lowest BCUT2D eigenvalue weighted by atomic mass is 10.1. The van der Waals surface area contributed by atoms with Crippen molar-refractivity contribution >= 4 is 27.5 Å². The highest BCUT2D eigenvalue weighted by Crippen LogP contribution is 2.40. The minimum atomic E-state index is -4.86. The number of halogens is 4. The van der Waals surface area contributed by atoms with Crippen molar-refractivity contribution in [1.29, 1.82) is 0 Å². The second-order valence-corrected chi connectivity index (χ2v) is 8.19. The molecule has 1 amide bonds. The van der Waals surface area contributed by atoms with Crippen LogP contribution in [0.15, 0.2) is 47.4 Å². The smallest absolute Gasteiger partial charge is 0.409 e. The zero-order chi connectivity index (χ0) is 22.3. The van der Waals surface area contributed by atoms with Gasteiger partial charge in [-0.05, 0) is 42.5 Å². The number of hydrogen-bond acceptors (Lipinski definition) is 5. The molecule has 30 heavy (non-hydrogen) atoms. The van der Waals surface area contributed by atoms with Crippen molar-refractivity contribution in [3.05, 3.63) is 48.3 Å². The number of ether oxygens (including phenoxy) is 1. The zero-order valence-corrected chi connectivity index (χ0v) is 15.7. The Balaban J connectivity index is 2.11. The van der Waals surface area contributed by atoms with Crippen LogP contribution in [0.3, 0.4) is 0 Å². The number of anilines is 2. The lowest BCUT2D eigenvalue weighted by Gasteiger charge is -2.38. The predicted molar refractivity (Wildman–Crippen MR) is 97.5 cm³/mol. The molecular weight excluding hydrogens is 434 g/mol. The van der Waals surface area contributed by atoms with E-state index in [0.717, 1.165) is 36.4 Å². The van der Waals surface area contributed by atoms with Crippen molar-refractivity contribution in [3.8, 4) is 5.75 Å². The van der Waals surface area contributed by atoms with Gasteiger partial charge in [-0.1, -0.05) is 0 Å². The van der Waals surface area contributed by atoms with Crippen molar-refractivity contribution < 1.29 is 40.6 Å². The van der Waals surface area contributed by atoms with Crippen LogP contribution >= 0.6 is 0 Å². The fourth-order valence-corrected chi connectivity index (χ4v) is 4.31. The van der Waals surface area contributed by atoms with Gasteiger partial charge in [0.1, 0.15) is 23.7 Å². The van der Waals surface area contributed by atoms with E-state index in [4.69, 9.17) is 15.6 Å². The fourth-order valence-electron chi connectivity index (χ4n) is 2.83. The first-order valence-corrected chi connectivity index (χ1v) is 9.75. The van der Waals surface area contributed by atoms with Crippen LogP contribution in [0.4, 0.5) is 33.7 Å². The molecule has 4 N–H and O–H groups in total. The largest absolute Gasteiger partial charge is 0.484 e. The number of rotatable bonds is 4. The molecule has 1 heterocycles. The van der Waals surface area contributed by atoms with Gasteiger partial charge in [0.2, 0.25) is 0 Å². The summed E-state index contributed by atoms with van der Waals surface area (Å²) in [5.74, 6) is -0.950. The minimum Gasteiger partial charge on any atom is -0.484 e. The summed E-state index contributed by atoms with van der Waals surface area (Å²) in [4.78, 5) is 10.5. The van der Waals surface area contributed by atoms with Crippen LogP contribution in [-0.2, 0) is 10.0 Å². The Labute approximate surface area is 167 Å². The molecule has 2 aromatic carbocycles. The lowest BCUT2D eigenvalue weighted by Crippen LogP contribution is -2.56. The molecule has 8 nitrogen and oxygen atoms in total. The fraction of sp³-hybridized carbons (Fsp3) is 0.235. The molecular formula is C17H15F4N3O5S. The van der Waals surface area contributed by atoms with Crippen molar-refractivity contribution in [3.63, 3.8) is 0 Å². The molecule has 3 rings (SSSR count). The molecule has 1 aliphatic heterocycles. The maximum absolute atomic E-state index is 13.2. The molecule has 2 aromatic rings. The zero-order valence-electron chi connectivity index (χ0n) is 14.9. The number of nitrogens with one attached hydrogen (secondary N) is 1. The second kappa shape index (κ2) is 7.65. The Morgan fingerprint density at radius 3 is 2.43 bits per heavy atom. The van der Waals surface area contributed by atoms with Gasteiger partial charge in [0, 0.05) is 5.69 Å². The van der Waals surface area contributed by atoms with Crippen LogP contribution < -0.4 is 20.1 Å². The third-order valence-corrected chi connectivity index (χ3v) is 6.08. The topological polar surface area (TPSA) is 122 Å². The SMILES string of the molecule is N[C@H]([C@@H]1CN(S(=O)(=O)c2ccc(F)cc2)c2cc(NC(=O)O)ccc2O1)C(F)(F)F. The van der Waals surface area contributed by atoms with Gasteiger partial charge in [-0.2, -0.15) is 13.2 Å². The standard InChI is InChI=1S/C17H15F4N3O5S/c18-9-1-4-11(5-2-9)30(27,28)24-8-14(15(22)17(19,20)21)29-13-6-3-10(7-12(13)24)23-16(25)26/h1-7,14-15,23H,8,22H2,(H,25,26)/t14-,15+/m0/s1. The summed E-state index contributed by atoms with van der Waals surface area (Å²) in [5, 5.41) is 10.9. The first-order chi connectivity index (χ1) is 13.9. The molecule has 0 radical (unpaired) electrons. The average Bonchev–Trinajstić information content (AvgIpc) is 2.65. The quantitative estimate of drug-likeness (QED) is 0.617. The number of sulfonamides is 1. The van der Waals surface area contributed by atoms with Gasteiger partial charge < -0.3 is 15.6 Å². The molecule has 0 saturated heterocycles. The molecule has 2 atom stereocenters. The summed E-state index contributed by atoms with van der Waals surface area (Å²) in [6.07, 6.45) is -8.07. The number of hydrogen-bond donors (Lipinski definition) is 3. The second-order valence-electron chi connectivity index (χ2n) is 6.33. The lowest BCUT2D eigenvalue weighted by molar-refractivity contribution is -0.164. The van der Waals surface area contributed by atoms with Crippen LogP contribution in [0.2, 0.25) is 0 Å². The van der Waals surface area contributed by atoms with Crippen LogP contribution in [0, 0.1) is 5.82 Å². The van der Waals surface area contributed by atoms with Crippen molar-refractivity contribution in [2.45, 2.75) is 23.2 Å². The van der Waals surface area contributed by atoms with Crippen LogP contribution in [0.1, 0.15) is 0 Å². The Morgan fingerprint density at radius 1 is 1.23 bits per heavy atom. The van der Waals surface area contributed by atoms with E-state index in [1.165, 1.54) is 6.07 Å². The minimum absolute atomic E-state index is 0.0391. The van der Waals surface area contributed by atoms with Gasteiger partial charge in [-0.15, -0.1) is 0 Å². The molecule has 0 fully saturated rings. The number of carboxylic acid groups (broad SMARTS) is 1. The highest BCUT2D eigenvalue weighted by Gasteiger charge is 2.47. The van der Waals surface area contributed by atoms with Crippen LogP contribution in [0.25, 0.3) is 0 Å². The molecule has 162 valence electrons. The Hall–Kier alpha value is -3.06. The number of alkyl halides is 3. The van der Waals surface area contributed by atoms with Gasteiger partial charge in [-0.25, -0.2) is 17.6 Å². The number of carbonyl (C=O) groups is 1. The summed E-state index contributed by atoms with van der Waals surface area (Å²) in [7, 11) is -4.46. The molecule has 13 heteroatoms. The van der Waals surface area contributed by atoms with E-state index < -0.39 is 46.8 Å². The summed E-state index contributed by atoms with van der Waals surface area (Å²) < 4.78 is 84.7. The molecule has 0 unspecified atom stereocenters. The van der Waals surface area contributed by atoms with Crippen molar-refractivity contribution in [2.24, 2.45) is 5.73 Å². The summed E-state index contributed by atoms with van der Waals surface area (Å²) in [5.41, 5.74) is 4.99. The molecule has 1 aliphatic rings. The molecule has 0 saturated carbocycles. The number of nitrogens with zero attached hydrogens (tertiary/aromatic N) is 1. The summed E-state index contributed by atoms with van der Waals surface area (Å²) in [6.45, 7) is -0.802. The van der Waals surface area contributed by atoms with Crippen molar-refractivity contribution in [2.75, 3.05) is 16.2 Å². The Morgan fingerprint density at radius 2 is 1.87 bits per heavy atom. The van der Waals surface area contributed by atoms with E-state index >= 15 is 0 Å². The Kier molecular flexibility index (Phi) is 5.52. The normalized spacial score (nSPS) is 17.6. The monoisotopic (exact) mass is 449 g/mol. The van der Waals surface area contributed by atoms with Crippen molar-refractivity contribution in [1.82, 2.24) is 0 Å². The van der Waals surface area contributed by atoms with Gasteiger partial charge in [0.15, 0.2) is 0 Å². The Bertz CT molecular complexity index is 1060. The average molecular weight is 449 g/mol. The summed E-state index contributed by atoms with van der Waals surface area (Å²) >= 11 is 0. The van der Waals surface area contributed by atoms with E-state index in [0.29, 0.717) is 4.31 Å². The highest BCUT2D eigenvalue weighted by atomic mass is 32.2. The third-order valence-electron chi connectivity index (χ3n) is 4.28. The first-order valence-electron chi connectivity index (χ1n) is 8.31. The van der Waals surface area contributed by atoms with E-state index in [2.05, 4.69) is 0 Å². The van der Waals surface area contributed by atoms with E-state index in [1.54, 1.807) is 0 Å².